The van der Waals surface area contributed by atoms with E-state index in [1.165, 1.54) is 6.42 Å². The topological polar surface area (TPSA) is 54.8 Å². The number of nitrogens with zero attached hydrogens (tertiary/aromatic N) is 3. The normalized spacial score (nSPS) is 13.9. The molecule has 4 rings (SSSR count). The molecule has 0 aliphatic heterocycles. The van der Waals surface area contributed by atoms with Gasteiger partial charge in [0, 0.05) is 48.7 Å². The molecule has 0 atom stereocenters. The first-order chi connectivity index (χ1) is 18.1. The number of methoxy groups -OCH3 is 1. The van der Waals surface area contributed by atoms with Gasteiger partial charge in [-0.1, -0.05) is 67.3 Å². The van der Waals surface area contributed by atoms with Crippen molar-refractivity contribution in [2.45, 2.75) is 51.2 Å². The first-order valence-corrected chi connectivity index (χ1v) is 13.4. The number of rotatable bonds is 11. The van der Waals surface area contributed by atoms with Crippen LogP contribution in [-0.4, -0.2) is 59.0 Å². The summed E-state index contributed by atoms with van der Waals surface area (Å²) in [7, 11) is 1.61. The Balaban J connectivity index is 1.55. The van der Waals surface area contributed by atoms with Crippen molar-refractivity contribution in [1.82, 2.24) is 14.4 Å². The fraction of sp³-hybridized carbons (Fsp3) is 0.400. The van der Waals surface area contributed by atoms with E-state index in [0.29, 0.717) is 31.8 Å². The van der Waals surface area contributed by atoms with Gasteiger partial charge in [-0.15, -0.1) is 0 Å². The first kappa shape index (κ1) is 27.0. The van der Waals surface area contributed by atoms with Crippen LogP contribution in [0.2, 0.25) is 5.02 Å². The van der Waals surface area contributed by atoms with Gasteiger partial charge >= 0.3 is 0 Å². The maximum atomic E-state index is 13.9. The van der Waals surface area contributed by atoms with Crippen molar-refractivity contribution in [3.05, 3.63) is 94.8 Å². The van der Waals surface area contributed by atoms with Gasteiger partial charge in [-0.05, 0) is 48.7 Å². The molecule has 0 bridgehead atoms. The molecule has 2 aromatic carbocycles. The summed E-state index contributed by atoms with van der Waals surface area (Å²) >= 11 is 6.42. The zero-order valence-electron chi connectivity index (χ0n) is 21.5. The van der Waals surface area contributed by atoms with Crippen molar-refractivity contribution in [2.24, 2.45) is 0 Å². The SMILES string of the molecule is COCCN(CC(=O)N(Cc1cccn1Cc1ccccc1Cl)C1CCCCC1)C(=O)c1ccccc1. The summed E-state index contributed by atoms with van der Waals surface area (Å²) in [6, 6.07) is 21.2. The maximum absolute atomic E-state index is 13.9. The number of hydrogen-bond acceptors (Lipinski definition) is 3. The molecule has 1 fully saturated rings. The molecular weight excluding hydrogens is 486 g/mol. The van der Waals surface area contributed by atoms with E-state index in [0.717, 1.165) is 42.0 Å². The lowest BCUT2D eigenvalue weighted by atomic mass is 9.94. The van der Waals surface area contributed by atoms with Gasteiger partial charge in [0.25, 0.3) is 5.91 Å². The van der Waals surface area contributed by atoms with Gasteiger partial charge in [0.15, 0.2) is 0 Å². The number of benzene rings is 2. The lowest BCUT2D eigenvalue weighted by molar-refractivity contribution is -0.135. The molecule has 196 valence electrons. The van der Waals surface area contributed by atoms with E-state index in [2.05, 4.69) is 10.6 Å². The molecule has 1 aromatic heterocycles. The summed E-state index contributed by atoms with van der Waals surface area (Å²) in [5.74, 6) is -0.186. The fourth-order valence-electron chi connectivity index (χ4n) is 5.02. The smallest absolute Gasteiger partial charge is 0.254 e. The van der Waals surface area contributed by atoms with E-state index < -0.39 is 0 Å². The first-order valence-electron chi connectivity index (χ1n) is 13.1. The van der Waals surface area contributed by atoms with Crippen molar-refractivity contribution < 1.29 is 14.3 Å². The Hall–Kier alpha value is -3.09. The van der Waals surface area contributed by atoms with Crippen LogP contribution >= 0.6 is 11.6 Å². The Labute approximate surface area is 224 Å². The van der Waals surface area contributed by atoms with E-state index in [1.54, 1.807) is 24.1 Å². The monoisotopic (exact) mass is 521 g/mol. The molecular formula is C30H36ClN3O3. The van der Waals surface area contributed by atoms with Crippen LogP contribution in [0, 0.1) is 0 Å². The Morgan fingerprint density at radius 2 is 1.70 bits per heavy atom. The number of amides is 2. The molecule has 1 saturated carbocycles. The second kappa shape index (κ2) is 13.5. The van der Waals surface area contributed by atoms with Crippen LogP contribution in [0.1, 0.15) is 53.7 Å². The van der Waals surface area contributed by atoms with Crippen LogP contribution in [0.4, 0.5) is 0 Å². The zero-order chi connectivity index (χ0) is 26.0. The average Bonchev–Trinajstić information content (AvgIpc) is 3.37. The van der Waals surface area contributed by atoms with E-state index >= 15 is 0 Å². The van der Waals surface area contributed by atoms with Crippen LogP contribution < -0.4 is 0 Å². The highest BCUT2D eigenvalue weighted by Crippen LogP contribution is 2.25. The molecule has 0 radical (unpaired) electrons. The van der Waals surface area contributed by atoms with Crippen LogP contribution in [0.25, 0.3) is 0 Å². The lowest BCUT2D eigenvalue weighted by Crippen LogP contribution is -2.48. The van der Waals surface area contributed by atoms with Gasteiger partial charge in [-0.3, -0.25) is 9.59 Å². The third-order valence-corrected chi connectivity index (χ3v) is 7.46. The van der Waals surface area contributed by atoms with E-state index in [1.807, 2.05) is 59.6 Å². The van der Waals surface area contributed by atoms with Crippen LogP contribution in [-0.2, 0) is 22.6 Å². The van der Waals surface area contributed by atoms with Crippen LogP contribution in [0.3, 0.4) is 0 Å². The summed E-state index contributed by atoms with van der Waals surface area (Å²) in [4.78, 5) is 30.7. The summed E-state index contributed by atoms with van der Waals surface area (Å²) < 4.78 is 7.41. The summed E-state index contributed by atoms with van der Waals surface area (Å²) in [5.41, 5.74) is 2.66. The summed E-state index contributed by atoms with van der Waals surface area (Å²) in [6.45, 7) is 1.89. The van der Waals surface area contributed by atoms with Crippen molar-refractivity contribution in [1.29, 1.82) is 0 Å². The number of carbonyl (C=O) groups is 2. The Morgan fingerprint density at radius 3 is 2.43 bits per heavy atom. The summed E-state index contributed by atoms with van der Waals surface area (Å²) in [5, 5.41) is 0.732. The van der Waals surface area contributed by atoms with Crippen molar-refractivity contribution in [3.63, 3.8) is 0 Å². The molecule has 3 aromatic rings. The zero-order valence-corrected chi connectivity index (χ0v) is 22.3. The van der Waals surface area contributed by atoms with Crippen molar-refractivity contribution >= 4 is 23.4 Å². The van der Waals surface area contributed by atoms with Crippen molar-refractivity contribution in [3.8, 4) is 0 Å². The number of carbonyl (C=O) groups excluding carboxylic acids is 2. The van der Waals surface area contributed by atoms with Gasteiger partial charge in [0.1, 0.15) is 6.54 Å². The highest BCUT2D eigenvalue weighted by Gasteiger charge is 2.29. The Bertz CT molecular complexity index is 1160. The molecule has 0 spiro atoms. The molecule has 0 unspecified atom stereocenters. The minimum Gasteiger partial charge on any atom is -0.383 e. The minimum atomic E-state index is -0.156. The fourth-order valence-corrected chi connectivity index (χ4v) is 5.21. The highest BCUT2D eigenvalue weighted by atomic mass is 35.5. The molecule has 6 nitrogen and oxygen atoms in total. The van der Waals surface area contributed by atoms with Gasteiger partial charge < -0.3 is 19.1 Å². The molecule has 1 aliphatic carbocycles. The third-order valence-electron chi connectivity index (χ3n) is 7.09. The van der Waals surface area contributed by atoms with E-state index in [4.69, 9.17) is 16.3 Å². The minimum absolute atomic E-state index is 0.0266. The standard InChI is InChI=1S/C30H36ClN3O3/c1-37-20-19-33(30(36)24-11-4-2-5-12-24)23-29(35)34(26-14-6-3-7-15-26)22-27-16-10-18-32(27)21-25-13-8-9-17-28(25)31/h2,4-5,8-13,16-18,26H,3,6-7,14-15,19-23H2,1H3. The number of ether oxygens (including phenoxy) is 1. The summed E-state index contributed by atoms with van der Waals surface area (Å²) in [6.07, 6.45) is 7.44. The second-order valence-electron chi connectivity index (χ2n) is 9.62. The molecule has 37 heavy (non-hydrogen) atoms. The molecule has 1 heterocycles. The Morgan fingerprint density at radius 1 is 0.973 bits per heavy atom. The van der Waals surface area contributed by atoms with Gasteiger partial charge in [-0.2, -0.15) is 0 Å². The Kier molecular flexibility index (Phi) is 9.80. The van der Waals surface area contributed by atoms with Gasteiger partial charge in [0.05, 0.1) is 13.2 Å². The van der Waals surface area contributed by atoms with E-state index in [-0.39, 0.29) is 24.4 Å². The van der Waals surface area contributed by atoms with Crippen molar-refractivity contribution in [2.75, 3.05) is 26.8 Å². The van der Waals surface area contributed by atoms with E-state index in [9.17, 15) is 9.59 Å². The molecule has 2 amide bonds. The molecule has 1 aliphatic rings. The average molecular weight is 522 g/mol. The third kappa shape index (κ3) is 7.24. The quantitative estimate of drug-likeness (QED) is 0.328. The van der Waals surface area contributed by atoms with Crippen LogP contribution in [0.5, 0.6) is 0 Å². The predicted octanol–water partition coefficient (Wildman–Crippen LogP) is 5.64. The lowest BCUT2D eigenvalue weighted by Gasteiger charge is -2.36. The molecule has 0 saturated heterocycles. The largest absolute Gasteiger partial charge is 0.383 e. The predicted molar refractivity (Wildman–Crippen MR) is 147 cm³/mol. The maximum Gasteiger partial charge on any atom is 0.254 e. The van der Waals surface area contributed by atoms with Gasteiger partial charge in [-0.25, -0.2) is 0 Å². The van der Waals surface area contributed by atoms with Crippen LogP contribution in [0.15, 0.2) is 72.9 Å². The second-order valence-corrected chi connectivity index (χ2v) is 10.0. The highest BCUT2D eigenvalue weighted by molar-refractivity contribution is 6.31. The number of hydrogen-bond donors (Lipinski definition) is 0. The number of halogens is 1. The molecule has 0 N–H and O–H groups in total. The van der Waals surface area contributed by atoms with Gasteiger partial charge in [0.2, 0.25) is 5.91 Å². The molecule has 7 heteroatoms. The number of aromatic nitrogens is 1.